The molecule has 2 aliphatic heterocycles. The van der Waals surface area contributed by atoms with Gasteiger partial charge in [0.1, 0.15) is 5.54 Å². The minimum atomic E-state index is -0.705. The quantitative estimate of drug-likeness (QED) is 0.582. The highest BCUT2D eigenvalue weighted by Crippen LogP contribution is 2.36. The van der Waals surface area contributed by atoms with Gasteiger partial charge in [-0.25, -0.2) is 4.79 Å². The molecule has 3 rings (SSSR count). The number of carbonyl (C=O) groups excluding carboxylic acids is 2. The monoisotopic (exact) mass is 349 g/mol. The van der Waals surface area contributed by atoms with Crippen molar-refractivity contribution in [3.05, 3.63) is 18.0 Å². The third-order valence-electron chi connectivity index (χ3n) is 5.12. The number of urea groups is 1. The molecule has 2 saturated heterocycles. The summed E-state index contributed by atoms with van der Waals surface area (Å²) >= 11 is 0. The van der Waals surface area contributed by atoms with Gasteiger partial charge < -0.3 is 15.0 Å². The van der Waals surface area contributed by atoms with E-state index in [0.717, 1.165) is 31.7 Å². The van der Waals surface area contributed by atoms with Crippen molar-refractivity contribution in [2.24, 2.45) is 0 Å². The lowest BCUT2D eigenvalue weighted by atomic mass is 9.86. The van der Waals surface area contributed by atoms with Gasteiger partial charge in [0.15, 0.2) is 0 Å². The average molecular weight is 349 g/mol. The van der Waals surface area contributed by atoms with E-state index in [1.54, 1.807) is 16.7 Å². The Morgan fingerprint density at radius 2 is 2.08 bits per heavy atom. The number of rotatable bonds is 7. The van der Waals surface area contributed by atoms with Crippen LogP contribution in [0.25, 0.3) is 0 Å². The SMILES string of the molecule is CCn1ccc(CN2C(=O)N(CCCOC)C3(CCNCC3)C2=O)n1. The van der Waals surface area contributed by atoms with Gasteiger partial charge in [-0.15, -0.1) is 0 Å². The van der Waals surface area contributed by atoms with E-state index in [1.807, 2.05) is 19.2 Å². The molecule has 1 aromatic rings. The van der Waals surface area contributed by atoms with E-state index in [1.165, 1.54) is 4.90 Å². The number of hydrogen-bond donors (Lipinski definition) is 1. The van der Waals surface area contributed by atoms with Gasteiger partial charge in [-0.3, -0.25) is 14.4 Å². The van der Waals surface area contributed by atoms with Gasteiger partial charge in [0, 0.05) is 33.0 Å². The Morgan fingerprint density at radius 1 is 1.32 bits per heavy atom. The maximum Gasteiger partial charge on any atom is 0.328 e. The van der Waals surface area contributed by atoms with Crippen LogP contribution in [0.3, 0.4) is 0 Å². The van der Waals surface area contributed by atoms with Crippen molar-refractivity contribution in [2.75, 3.05) is 33.4 Å². The lowest BCUT2D eigenvalue weighted by Crippen LogP contribution is -2.56. The van der Waals surface area contributed by atoms with Gasteiger partial charge in [0.25, 0.3) is 5.91 Å². The normalized spacial score (nSPS) is 20.1. The van der Waals surface area contributed by atoms with Crippen LogP contribution in [-0.2, 0) is 22.6 Å². The molecule has 3 heterocycles. The number of nitrogens with zero attached hydrogens (tertiary/aromatic N) is 4. The molecule has 0 bridgehead atoms. The molecule has 0 unspecified atom stereocenters. The fourth-order valence-electron chi connectivity index (χ4n) is 3.75. The molecule has 0 radical (unpaired) electrons. The number of ether oxygens (including phenoxy) is 1. The van der Waals surface area contributed by atoms with Crippen LogP contribution in [0.4, 0.5) is 4.79 Å². The minimum absolute atomic E-state index is 0.0811. The van der Waals surface area contributed by atoms with E-state index < -0.39 is 5.54 Å². The van der Waals surface area contributed by atoms with Crippen molar-refractivity contribution in [1.29, 1.82) is 0 Å². The fraction of sp³-hybridized carbons (Fsp3) is 0.706. The molecule has 1 aromatic heterocycles. The minimum Gasteiger partial charge on any atom is -0.385 e. The first-order chi connectivity index (χ1) is 12.1. The summed E-state index contributed by atoms with van der Waals surface area (Å²) in [5, 5.41) is 7.70. The summed E-state index contributed by atoms with van der Waals surface area (Å²) in [7, 11) is 1.65. The molecule has 0 atom stereocenters. The number of amides is 3. The first-order valence-corrected chi connectivity index (χ1v) is 8.98. The van der Waals surface area contributed by atoms with Gasteiger partial charge in [-0.2, -0.15) is 5.10 Å². The second-order valence-electron chi connectivity index (χ2n) is 6.62. The number of methoxy groups -OCH3 is 1. The Kier molecular flexibility index (Phi) is 5.39. The van der Waals surface area contributed by atoms with Crippen LogP contribution >= 0.6 is 0 Å². The molecule has 2 aliphatic rings. The number of piperidine rings is 1. The van der Waals surface area contributed by atoms with E-state index in [-0.39, 0.29) is 18.5 Å². The van der Waals surface area contributed by atoms with Crippen LogP contribution in [0.5, 0.6) is 0 Å². The average Bonchev–Trinajstić information content (AvgIpc) is 3.16. The zero-order valence-corrected chi connectivity index (χ0v) is 15.0. The van der Waals surface area contributed by atoms with Crippen LogP contribution in [0, 0.1) is 0 Å². The molecule has 8 heteroatoms. The van der Waals surface area contributed by atoms with E-state index in [0.29, 0.717) is 26.0 Å². The van der Waals surface area contributed by atoms with Crippen molar-refractivity contribution in [3.63, 3.8) is 0 Å². The first-order valence-electron chi connectivity index (χ1n) is 8.98. The maximum absolute atomic E-state index is 13.2. The van der Waals surface area contributed by atoms with Crippen molar-refractivity contribution in [3.8, 4) is 0 Å². The van der Waals surface area contributed by atoms with Crippen molar-refractivity contribution in [1.82, 2.24) is 24.9 Å². The first kappa shape index (κ1) is 17.9. The van der Waals surface area contributed by atoms with Gasteiger partial charge in [0.05, 0.1) is 12.2 Å². The number of aromatic nitrogens is 2. The number of nitrogens with one attached hydrogen (secondary N) is 1. The smallest absolute Gasteiger partial charge is 0.328 e. The molecule has 2 fully saturated rings. The van der Waals surface area contributed by atoms with Gasteiger partial charge in [-0.05, 0) is 45.3 Å². The Balaban J connectivity index is 1.81. The molecule has 138 valence electrons. The van der Waals surface area contributed by atoms with Crippen molar-refractivity contribution >= 4 is 11.9 Å². The summed E-state index contributed by atoms with van der Waals surface area (Å²) in [6.07, 6.45) is 3.91. The summed E-state index contributed by atoms with van der Waals surface area (Å²) in [4.78, 5) is 29.3. The Labute approximate surface area is 148 Å². The summed E-state index contributed by atoms with van der Waals surface area (Å²) in [6.45, 7) is 5.62. The highest BCUT2D eigenvalue weighted by Gasteiger charge is 2.56. The van der Waals surface area contributed by atoms with Crippen LogP contribution in [-0.4, -0.2) is 70.4 Å². The van der Waals surface area contributed by atoms with Crippen LogP contribution in [0.2, 0.25) is 0 Å². The van der Waals surface area contributed by atoms with E-state index in [4.69, 9.17) is 4.74 Å². The third kappa shape index (κ3) is 3.28. The van der Waals surface area contributed by atoms with Crippen LogP contribution < -0.4 is 5.32 Å². The second kappa shape index (κ2) is 7.53. The van der Waals surface area contributed by atoms with Crippen molar-refractivity contribution < 1.29 is 14.3 Å². The predicted molar refractivity (Wildman–Crippen MR) is 91.9 cm³/mol. The maximum atomic E-state index is 13.2. The molecule has 25 heavy (non-hydrogen) atoms. The molecule has 0 saturated carbocycles. The molecule has 1 N–H and O–H groups in total. The third-order valence-corrected chi connectivity index (χ3v) is 5.12. The lowest BCUT2D eigenvalue weighted by Gasteiger charge is -2.38. The largest absolute Gasteiger partial charge is 0.385 e. The molecular weight excluding hydrogens is 322 g/mol. The Hall–Kier alpha value is -1.93. The standard InChI is InChI=1S/C17H27N5O3/c1-3-20-11-5-14(19-20)13-21-15(23)17(6-8-18-9-7-17)22(16(21)24)10-4-12-25-2/h5,11,18H,3-4,6-10,12-13H2,1-2H3. The Morgan fingerprint density at radius 3 is 2.72 bits per heavy atom. The summed E-state index contributed by atoms with van der Waals surface area (Å²) in [5.74, 6) is -0.0811. The van der Waals surface area contributed by atoms with E-state index >= 15 is 0 Å². The summed E-state index contributed by atoms with van der Waals surface area (Å²) in [5.41, 5.74) is 0.0371. The fourth-order valence-corrected chi connectivity index (χ4v) is 3.75. The molecule has 8 nitrogen and oxygen atoms in total. The lowest BCUT2D eigenvalue weighted by molar-refractivity contribution is -0.135. The highest BCUT2D eigenvalue weighted by atomic mass is 16.5. The summed E-state index contributed by atoms with van der Waals surface area (Å²) in [6, 6.07) is 1.67. The molecule has 3 amide bonds. The molecule has 0 aromatic carbocycles. The van der Waals surface area contributed by atoms with Gasteiger partial charge in [0.2, 0.25) is 0 Å². The zero-order valence-electron chi connectivity index (χ0n) is 15.0. The van der Waals surface area contributed by atoms with Gasteiger partial charge in [-0.1, -0.05) is 0 Å². The number of imide groups is 1. The van der Waals surface area contributed by atoms with Gasteiger partial charge >= 0.3 is 6.03 Å². The van der Waals surface area contributed by atoms with E-state index in [2.05, 4.69) is 10.4 Å². The highest BCUT2D eigenvalue weighted by molar-refractivity contribution is 6.07. The number of aryl methyl sites for hydroxylation is 1. The molecular formula is C17H27N5O3. The van der Waals surface area contributed by atoms with Crippen molar-refractivity contribution in [2.45, 2.75) is 44.8 Å². The topological polar surface area (TPSA) is 79.7 Å². The number of carbonyl (C=O) groups is 2. The number of hydrogen-bond acceptors (Lipinski definition) is 5. The molecule has 0 aliphatic carbocycles. The van der Waals surface area contributed by atoms with Crippen LogP contribution in [0.1, 0.15) is 31.9 Å². The molecule has 1 spiro atoms. The van der Waals surface area contributed by atoms with E-state index in [9.17, 15) is 9.59 Å². The predicted octanol–water partition coefficient (Wildman–Crippen LogP) is 0.826. The zero-order chi connectivity index (χ0) is 17.9. The van der Waals surface area contributed by atoms with Crippen LogP contribution in [0.15, 0.2) is 12.3 Å². The summed E-state index contributed by atoms with van der Waals surface area (Å²) < 4.78 is 6.92. The second-order valence-corrected chi connectivity index (χ2v) is 6.62. The Bertz CT molecular complexity index is 624.